The van der Waals surface area contributed by atoms with E-state index in [0.717, 1.165) is 11.6 Å². The quantitative estimate of drug-likeness (QED) is 0.851. The minimum atomic E-state index is -4.00. The molecule has 0 amide bonds. The summed E-state index contributed by atoms with van der Waals surface area (Å²) in [5, 5.41) is 0. The van der Waals surface area contributed by atoms with E-state index in [1.807, 2.05) is 13.0 Å². The molecule has 0 aliphatic carbocycles. The molecule has 22 heavy (non-hydrogen) atoms. The van der Waals surface area contributed by atoms with Crippen LogP contribution in [0, 0.1) is 13.8 Å². The molecular weight excluding hydrogens is 346 g/mol. The summed E-state index contributed by atoms with van der Waals surface area (Å²) in [4.78, 5) is -0.389. The van der Waals surface area contributed by atoms with Crippen LogP contribution in [0.1, 0.15) is 11.1 Å². The summed E-state index contributed by atoms with van der Waals surface area (Å²) in [7, 11) is -2.65. The Morgan fingerprint density at radius 1 is 0.955 bits per heavy atom. The number of rotatable bonds is 4. The highest BCUT2D eigenvalue weighted by Gasteiger charge is 2.20. The Kier molecular flexibility index (Phi) is 4.51. The second kappa shape index (κ2) is 5.91. The highest BCUT2D eigenvalue weighted by Crippen LogP contribution is 2.24. The monoisotopic (exact) mass is 359 g/mol. The Hall–Kier alpha value is -1.57. The smallest absolute Gasteiger partial charge is 0.262 e. The SMILES string of the molecule is Cc1cccc(NS(=O)(=O)c2cc(S(=O)(=O)Cl)ccc2C)c1. The van der Waals surface area contributed by atoms with E-state index in [1.54, 1.807) is 25.1 Å². The maximum atomic E-state index is 12.5. The molecule has 0 aromatic heterocycles. The highest BCUT2D eigenvalue weighted by molar-refractivity contribution is 8.13. The van der Waals surface area contributed by atoms with Crippen LogP contribution in [0.5, 0.6) is 0 Å². The Morgan fingerprint density at radius 3 is 2.23 bits per heavy atom. The second-order valence-electron chi connectivity index (χ2n) is 4.84. The summed E-state index contributed by atoms with van der Waals surface area (Å²) < 4.78 is 50.1. The molecule has 0 atom stereocenters. The number of hydrogen-bond donors (Lipinski definition) is 1. The van der Waals surface area contributed by atoms with Gasteiger partial charge in [0.1, 0.15) is 0 Å². The van der Waals surface area contributed by atoms with Gasteiger partial charge in [-0.3, -0.25) is 4.72 Å². The number of halogens is 1. The van der Waals surface area contributed by atoms with Crippen molar-refractivity contribution >= 4 is 35.4 Å². The fourth-order valence-electron chi connectivity index (χ4n) is 1.94. The minimum Gasteiger partial charge on any atom is -0.280 e. The first-order chi connectivity index (χ1) is 10.1. The standard InChI is InChI=1S/C14H14ClNO4S2/c1-10-4-3-5-12(8-10)16-22(19,20)14-9-13(21(15,17)18)7-6-11(14)2/h3-9,16H,1-2H3. The number of benzene rings is 2. The van der Waals surface area contributed by atoms with Crippen molar-refractivity contribution in [2.75, 3.05) is 4.72 Å². The third-order valence-corrected chi connectivity index (χ3v) is 5.88. The molecule has 2 aromatic rings. The van der Waals surface area contributed by atoms with Gasteiger partial charge in [0.15, 0.2) is 0 Å². The van der Waals surface area contributed by atoms with Gasteiger partial charge in [-0.15, -0.1) is 0 Å². The van der Waals surface area contributed by atoms with E-state index in [2.05, 4.69) is 4.72 Å². The molecular formula is C14H14ClNO4S2. The van der Waals surface area contributed by atoms with Gasteiger partial charge in [0, 0.05) is 16.4 Å². The maximum Gasteiger partial charge on any atom is 0.262 e. The topological polar surface area (TPSA) is 80.3 Å². The van der Waals surface area contributed by atoms with Crippen LogP contribution in [0.3, 0.4) is 0 Å². The molecule has 0 saturated carbocycles. The predicted molar refractivity (Wildman–Crippen MR) is 86.2 cm³/mol. The molecule has 5 nitrogen and oxygen atoms in total. The number of nitrogens with one attached hydrogen (secondary N) is 1. The van der Waals surface area contributed by atoms with Gasteiger partial charge in [0.25, 0.3) is 19.1 Å². The fourth-order valence-corrected chi connectivity index (χ4v) is 4.11. The number of sulfonamides is 1. The predicted octanol–water partition coefficient (Wildman–Crippen LogP) is 3.03. The molecule has 118 valence electrons. The van der Waals surface area contributed by atoms with Crippen molar-refractivity contribution in [1.82, 2.24) is 0 Å². The molecule has 1 N–H and O–H groups in total. The molecule has 0 fully saturated rings. The van der Waals surface area contributed by atoms with E-state index in [1.165, 1.54) is 12.1 Å². The van der Waals surface area contributed by atoms with Gasteiger partial charge >= 0.3 is 0 Å². The molecule has 0 aliphatic heterocycles. The largest absolute Gasteiger partial charge is 0.280 e. The minimum absolute atomic E-state index is 0.129. The number of hydrogen-bond acceptors (Lipinski definition) is 4. The molecule has 8 heteroatoms. The van der Waals surface area contributed by atoms with Crippen LogP contribution in [-0.4, -0.2) is 16.8 Å². The highest BCUT2D eigenvalue weighted by atomic mass is 35.7. The Bertz CT molecular complexity index is 922. The summed E-state index contributed by atoms with van der Waals surface area (Å²) >= 11 is 0. The third-order valence-electron chi connectivity index (χ3n) is 3.00. The second-order valence-corrected chi connectivity index (χ2v) is 9.06. The first kappa shape index (κ1) is 16.8. The lowest BCUT2D eigenvalue weighted by molar-refractivity contribution is 0.600. The molecule has 0 spiro atoms. The van der Waals surface area contributed by atoms with Gasteiger partial charge < -0.3 is 0 Å². The van der Waals surface area contributed by atoms with Crippen molar-refractivity contribution in [1.29, 1.82) is 0 Å². The summed E-state index contributed by atoms with van der Waals surface area (Å²) in [5.41, 5.74) is 1.72. The van der Waals surface area contributed by atoms with E-state index in [0.29, 0.717) is 11.3 Å². The lowest BCUT2D eigenvalue weighted by atomic mass is 10.2. The first-order valence-corrected chi connectivity index (χ1v) is 10.0. The number of aryl methyl sites for hydroxylation is 2. The van der Waals surface area contributed by atoms with Gasteiger partial charge in [-0.05, 0) is 49.2 Å². The molecule has 0 heterocycles. The summed E-state index contributed by atoms with van der Waals surface area (Å²) in [5.74, 6) is 0. The van der Waals surface area contributed by atoms with Crippen LogP contribution in [-0.2, 0) is 19.1 Å². The van der Waals surface area contributed by atoms with Crippen molar-refractivity contribution in [2.45, 2.75) is 23.6 Å². The van der Waals surface area contributed by atoms with E-state index in [4.69, 9.17) is 10.7 Å². The fraction of sp³-hybridized carbons (Fsp3) is 0.143. The van der Waals surface area contributed by atoms with Crippen LogP contribution in [0.2, 0.25) is 0 Å². The van der Waals surface area contributed by atoms with Crippen molar-refractivity contribution in [3.63, 3.8) is 0 Å². The molecule has 0 unspecified atom stereocenters. The molecule has 0 saturated heterocycles. The number of anilines is 1. The Morgan fingerprint density at radius 2 is 1.64 bits per heavy atom. The van der Waals surface area contributed by atoms with Gasteiger partial charge in [0.05, 0.1) is 9.79 Å². The Balaban J connectivity index is 2.50. The Labute approximate surface area is 134 Å². The van der Waals surface area contributed by atoms with Crippen LogP contribution in [0.25, 0.3) is 0 Å². The summed E-state index contributed by atoms with van der Waals surface area (Å²) in [6.45, 7) is 3.42. The molecule has 0 bridgehead atoms. The summed E-state index contributed by atoms with van der Waals surface area (Å²) in [6, 6.07) is 10.6. The average molecular weight is 360 g/mol. The maximum absolute atomic E-state index is 12.5. The van der Waals surface area contributed by atoms with E-state index in [9.17, 15) is 16.8 Å². The van der Waals surface area contributed by atoms with E-state index >= 15 is 0 Å². The van der Waals surface area contributed by atoms with Crippen LogP contribution in [0.15, 0.2) is 52.3 Å². The van der Waals surface area contributed by atoms with Crippen LogP contribution < -0.4 is 4.72 Å². The van der Waals surface area contributed by atoms with Crippen molar-refractivity contribution in [3.05, 3.63) is 53.6 Å². The average Bonchev–Trinajstić information content (AvgIpc) is 2.36. The van der Waals surface area contributed by atoms with Gasteiger partial charge in [-0.2, -0.15) is 0 Å². The normalized spacial score (nSPS) is 12.1. The van der Waals surface area contributed by atoms with Crippen LogP contribution >= 0.6 is 10.7 Å². The van der Waals surface area contributed by atoms with E-state index in [-0.39, 0.29) is 9.79 Å². The lowest BCUT2D eigenvalue weighted by Crippen LogP contribution is -2.15. The van der Waals surface area contributed by atoms with Gasteiger partial charge in [0.2, 0.25) is 0 Å². The zero-order valence-electron chi connectivity index (χ0n) is 11.9. The molecule has 0 radical (unpaired) electrons. The first-order valence-electron chi connectivity index (χ1n) is 6.24. The van der Waals surface area contributed by atoms with Crippen molar-refractivity contribution < 1.29 is 16.8 Å². The van der Waals surface area contributed by atoms with Gasteiger partial charge in [-0.1, -0.05) is 18.2 Å². The van der Waals surface area contributed by atoms with Crippen molar-refractivity contribution in [3.8, 4) is 0 Å². The third kappa shape index (κ3) is 3.79. The molecule has 0 aliphatic rings. The van der Waals surface area contributed by atoms with E-state index < -0.39 is 19.1 Å². The zero-order chi connectivity index (χ0) is 16.5. The molecule has 2 aromatic carbocycles. The molecule has 2 rings (SSSR count). The lowest BCUT2D eigenvalue weighted by Gasteiger charge is -2.11. The van der Waals surface area contributed by atoms with Crippen molar-refractivity contribution in [2.24, 2.45) is 0 Å². The van der Waals surface area contributed by atoms with Gasteiger partial charge in [-0.25, -0.2) is 16.8 Å². The van der Waals surface area contributed by atoms with Crippen LogP contribution in [0.4, 0.5) is 5.69 Å². The summed E-state index contributed by atoms with van der Waals surface area (Å²) in [6.07, 6.45) is 0. The zero-order valence-corrected chi connectivity index (χ0v) is 14.3.